The van der Waals surface area contributed by atoms with E-state index in [0.29, 0.717) is 18.0 Å². The first-order valence-corrected chi connectivity index (χ1v) is 7.53. The third-order valence-electron chi connectivity index (χ3n) is 3.73. The largest absolute Gasteiger partial charge is 0.363 e. The summed E-state index contributed by atoms with van der Waals surface area (Å²) in [5, 5.41) is 7.36. The quantitative estimate of drug-likeness (QED) is 0.782. The Hall–Kier alpha value is -2.57. The van der Waals surface area contributed by atoms with Crippen molar-refractivity contribution in [1.82, 2.24) is 19.6 Å². The maximum atomic E-state index is 14.1. The summed E-state index contributed by atoms with van der Waals surface area (Å²) in [6, 6.07) is 4.94. The maximum absolute atomic E-state index is 14.1. The predicted molar refractivity (Wildman–Crippen MR) is 83.2 cm³/mol. The van der Waals surface area contributed by atoms with Gasteiger partial charge in [-0.2, -0.15) is 14.6 Å². The van der Waals surface area contributed by atoms with E-state index < -0.39 is 11.6 Å². The second-order valence-electron chi connectivity index (χ2n) is 5.23. The number of aryl methyl sites for hydroxylation is 1. The van der Waals surface area contributed by atoms with Crippen LogP contribution in [-0.4, -0.2) is 19.6 Å². The molecule has 120 valence electrons. The van der Waals surface area contributed by atoms with E-state index >= 15 is 0 Å². The van der Waals surface area contributed by atoms with E-state index in [1.807, 2.05) is 19.9 Å². The van der Waals surface area contributed by atoms with Gasteiger partial charge in [0.15, 0.2) is 0 Å². The van der Waals surface area contributed by atoms with Crippen LogP contribution in [0.25, 0.3) is 5.78 Å². The number of aromatic nitrogens is 4. The lowest BCUT2D eigenvalue weighted by Crippen LogP contribution is -2.15. The summed E-state index contributed by atoms with van der Waals surface area (Å²) in [4.78, 5) is 8.46. The van der Waals surface area contributed by atoms with Crippen LogP contribution in [0.15, 0.2) is 30.6 Å². The second-order valence-corrected chi connectivity index (χ2v) is 5.23. The number of anilines is 1. The fourth-order valence-corrected chi connectivity index (χ4v) is 2.51. The molecule has 0 aliphatic carbocycles. The van der Waals surface area contributed by atoms with Gasteiger partial charge in [0.05, 0.1) is 6.04 Å². The molecule has 0 fully saturated rings. The molecule has 3 aromatic rings. The molecule has 0 radical (unpaired) electrons. The standard InChI is InChI=1S/C16H17F2N5/c1-3-11-8-15(23-16(21-11)19-9-20-23)22-14(4-2)12-7-10(17)5-6-13(12)18/h5-9,14,22H,3-4H2,1-2H3. The van der Waals surface area contributed by atoms with Crippen LogP contribution in [0, 0.1) is 11.6 Å². The zero-order valence-corrected chi connectivity index (χ0v) is 12.9. The predicted octanol–water partition coefficient (Wildman–Crippen LogP) is 3.53. The molecule has 1 atom stereocenters. The molecule has 23 heavy (non-hydrogen) atoms. The Morgan fingerprint density at radius 3 is 2.78 bits per heavy atom. The van der Waals surface area contributed by atoms with Gasteiger partial charge in [0.25, 0.3) is 5.78 Å². The van der Waals surface area contributed by atoms with Gasteiger partial charge in [-0.25, -0.2) is 13.8 Å². The average Bonchev–Trinajstić information content (AvgIpc) is 3.03. The summed E-state index contributed by atoms with van der Waals surface area (Å²) < 4.78 is 29.1. The van der Waals surface area contributed by atoms with Crippen molar-refractivity contribution in [3.05, 3.63) is 53.5 Å². The summed E-state index contributed by atoms with van der Waals surface area (Å²) in [6.07, 6.45) is 2.74. The first-order chi connectivity index (χ1) is 11.1. The zero-order valence-electron chi connectivity index (χ0n) is 12.9. The van der Waals surface area contributed by atoms with Crippen LogP contribution < -0.4 is 5.32 Å². The van der Waals surface area contributed by atoms with Gasteiger partial charge < -0.3 is 5.32 Å². The van der Waals surface area contributed by atoms with Gasteiger partial charge in [0.2, 0.25) is 0 Å². The van der Waals surface area contributed by atoms with Crippen LogP contribution in [0.1, 0.15) is 37.6 Å². The van der Waals surface area contributed by atoms with Gasteiger partial charge in [-0.3, -0.25) is 0 Å². The number of hydrogen-bond donors (Lipinski definition) is 1. The normalized spacial score (nSPS) is 12.5. The van der Waals surface area contributed by atoms with Gasteiger partial charge in [-0.05, 0) is 31.0 Å². The molecule has 0 bridgehead atoms. The zero-order chi connectivity index (χ0) is 16.4. The summed E-state index contributed by atoms with van der Waals surface area (Å²) >= 11 is 0. The van der Waals surface area contributed by atoms with Crippen molar-refractivity contribution in [3.63, 3.8) is 0 Å². The van der Waals surface area contributed by atoms with Crippen molar-refractivity contribution in [2.75, 3.05) is 5.32 Å². The second kappa shape index (κ2) is 6.28. The number of nitrogens with zero attached hydrogens (tertiary/aromatic N) is 4. The van der Waals surface area contributed by atoms with Gasteiger partial charge in [0, 0.05) is 17.3 Å². The molecule has 1 unspecified atom stereocenters. The number of rotatable bonds is 5. The summed E-state index contributed by atoms with van der Waals surface area (Å²) in [5.41, 5.74) is 1.14. The molecule has 0 saturated carbocycles. The maximum Gasteiger partial charge on any atom is 0.254 e. The molecule has 0 aliphatic heterocycles. The van der Waals surface area contributed by atoms with E-state index in [-0.39, 0.29) is 11.6 Å². The molecule has 0 saturated heterocycles. The highest BCUT2D eigenvalue weighted by Crippen LogP contribution is 2.26. The first kappa shape index (κ1) is 15.3. The van der Waals surface area contributed by atoms with Gasteiger partial charge in [-0.1, -0.05) is 13.8 Å². The number of hydrogen-bond acceptors (Lipinski definition) is 4. The average molecular weight is 317 g/mol. The van der Waals surface area contributed by atoms with Gasteiger partial charge in [-0.15, -0.1) is 0 Å². The van der Waals surface area contributed by atoms with Crippen molar-refractivity contribution in [3.8, 4) is 0 Å². The molecule has 7 heteroatoms. The fraction of sp³-hybridized carbons (Fsp3) is 0.312. The third kappa shape index (κ3) is 2.99. The Bertz CT molecular complexity index is 830. The van der Waals surface area contributed by atoms with Crippen molar-refractivity contribution < 1.29 is 8.78 Å². The van der Waals surface area contributed by atoms with Crippen molar-refractivity contribution in [2.45, 2.75) is 32.7 Å². The van der Waals surface area contributed by atoms with Crippen LogP contribution in [0.5, 0.6) is 0 Å². The first-order valence-electron chi connectivity index (χ1n) is 7.53. The fourth-order valence-electron chi connectivity index (χ4n) is 2.51. The highest BCUT2D eigenvalue weighted by molar-refractivity contribution is 5.47. The molecule has 0 aliphatic rings. The molecule has 2 heterocycles. The van der Waals surface area contributed by atoms with E-state index in [1.54, 1.807) is 4.52 Å². The highest BCUT2D eigenvalue weighted by atomic mass is 19.1. The Morgan fingerprint density at radius 1 is 1.22 bits per heavy atom. The monoisotopic (exact) mass is 317 g/mol. The SMILES string of the molecule is CCc1cc(NC(CC)c2cc(F)ccc2F)n2ncnc2n1. The Kier molecular flexibility index (Phi) is 4.18. The van der Waals surface area contributed by atoms with E-state index in [2.05, 4.69) is 20.4 Å². The topological polar surface area (TPSA) is 55.1 Å². The number of nitrogens with one attached hydrogen (secondary N) is 1. The molecule has 1 aromatic carbocycles. The lowest BCUT2D eigenvalue weighted by molar-refractivity contribution is 0.566. The summed E-state index contributed by atoms with van der Waals surface area (Å²) in [6.45, 7) is 3.89. The smallest absolute Gasteiger partial charge is 0.254 e. The van der Waals surface area contributed by atoms with Crippen LogP contribution >= 0.6 is 0 Å². The summed E-state index contributed by atoms with van der Waals surface area (Å²) in [7, 11) is 0. The highest BCUT2D eigenvalue weighted by Gasteiger charge is 2.17. The molecular weight excluding hydrogens is 300 g/mol. The van der Waals surface area contributed by atoms with Gasteiger partial charge >= 0.3 is 0 Å². The molecule has 1 N–H and O–H groups in total. The van der Waals surface area contributed by atoms with E-state index in [1.165, 1.54) is 12.4 Å². The van der Waals surface area contributed by atoms with Crippen molar-refractivity contribution >= 4 is 11.6 Å². The Morgan fingerprint density at radius 2 is 2.04 bits per heavy atom. The van der Waals surface area contributed by atoms with Crippen LogP contribution in [-0.2, 0) is 6.42 Å². The lowest BCUT2D eigenvalue weighted by atomic mass is 10.0. The lowest BCUT2D eigenvalue weighted by Gasteiger charge is -2.20. The number of benzene rings is 1. The minimum absolute atomic E-state index is 0.288. The molecule has 3 rings (SSSR count). The minimum atomic E-state index is -0.462. The molecule has 5 nitrogen and oxygen atoms in total. The molecular formula is C16H17F2N5. The van der Waals surface area contributed by atoms with E-state index in [4.69, 9.17) is 0 Å². The number of fused-ring (bicyclic) bond motifs is 1. The minimum Gasteiger partial charge on any atom is -0.363 e. The Labute approximate surface area is 132 Å². The molecule has 0 spiro atoms. The summed E-state index contributed by atoms with van der Waals surface area (Å²) in [5.74, 6) is 0.225. The van der Waals surface area contributed by atoms with Crippen LogP contribution in [0.2, 0.25) is 0 Å². The Balaban J connectivity index is 2.02. The van der Waals surface area contributed by atoms with Crippen LogP contribution in [0.3, 0.4) is 0 Å². The molecule has 2 aromatic heterocycles. The number of halogens is 2. The van der Waals surface area contributed by atoms with E-state index in [9.17, 15) is 8.78 Å². The van der Waals surface area contributed by atoms with Crippen molar-refractivity contribution in [1.29, 1.82) is 0 Å². The van der Waals surface area contributed by atoms with E-state index in [0.717, 1.165) is 24.2 Å². The third-order valence-corrected chi connectivity index (χ3v) is 3.73. The van der Waals surface area contributed by atoms with Gasteiger partial charge in [0.1, 0.15) is 23.8 Å². The van der Waals surface area contributed by atoms with Crippen molar-refractivity contribution in [2.24, 2.45) is 0 Å². The van der Waals surface area contributed by atoms with Crippen LogP contribution in [0.4, 0.5) is 14.6 Å². The molecule has 0 amide bonds.